The largest absolute Gasteiger partial charge is 0.504 e. The molecule has 5 N–H and O–H groups in total. The van der Waals surface area contributed by atoms with E-state index in [1.165, 1.54) is 12.4 Å². The van der Waals surface area contributed by atoms with Crippen LogP contribution in [0, 0.1) is 0 Å². The first-order valence-electron chi connectivity index (χ1n) is 5.14. The standard InChI is InChI=1S/C11H9N5O2/c12-9-7-11(14-4-13-9)16-10(15-7)5-2-1-3-6(17)8(5)18/h1-4,17-18H,(H3,12,13,14,15,16). The third-order valence-electron chi connectivity index (χ3n) is 2.59. The monoisotopic (exact) mass is 243 g/mol. The Bertz CT molecular complexity index is 737. The first kappa shape index (κ1) is 10.3. The zero-order valence-electron chi connectivity index (χ0n) is 9.12. The molecule has 0 saturated heterocycles. The van der Waals surface area contributed by atoms with E-state index in [4.69, 9.17) is 5.73 Å². The number of benzene rings is 1. The van der Waals surface area contributed by atoms with Crippen LogP contribution in [0.15, 0.2) is 24.5 Å². The van der Waals surface area contributed by atoms with E-state index >= 15 is 0 Å². The van der Waals surface area contributed by atoms with Crippen molar-refractivity contribution < 1.29 is 10.2 Å². The van der Waals surface area contributed by atoms with Gasteiger partial charge in [0.25, 0.3) is 0 Å². The molecule has 3 aromatic rings. The van der Waals surface area contributed by atoms with Crippen molar-refractivity contribution in [3.05, 3.63) is 24.5 Å². The fourth-order valence-electron chi connectivity index (χ4n) is 1.70. The Hall–Kier alpha value is -2.83. The molecule has 0 bridgehead atoms. The number of para-hydroxylation sites is 1. The summed E-state index contributed by atoms with van der Waals surface area (Å²) >= 11 is 0. The number of fused-ring (bicyclic) bond motifs is 1. The Morgan fingerprint density at radius 3 is 2.78 bits per heavy atom. The van der Waals surface area contributed by atoms with E-state index in [0.717, 1.165) is 0 Å². The highest BCUT2D eigenvalue weighted by Gasteiger charge is 2.14. The van der Waals surface area contributed by atoms with Crippen LogP contribution >= 0.6 is 0 Å². The summed E-state index contributed by atoms with van der Waals surface area (Å²) in [4.78, 5) is 14.9. The maximum Gasteiger partial charge on any atom is 0.183 e. The molecule has 1 aromatic carbocycles. The van der Waals surface area contributed by atoms with Gasteiger partial charge in [-0.2, -0.15) is 0 Å². The molecular formula is C11H9N5O2. The molecule has 2 heterocycles. The Morgan fingerprint density at radius 2 is 2.00 bits per heavy atom. The van der Waals surface area contributed by atoms with Crippen molar-refractivity contribution in [1.29, 1.82) is 0 Å². The van der Waals surface area contributed by atoms with Crippen LogP contribution in [0.1, 0.15) is 0 Å². The number of nitrogens with one attached hydrogen (secondary N) is 1. The van der Waals surface area contributed by atoms with Crippen LogP contribution in [0.2, 0.25) is 0 Å². The lowest BCUT2D eigenvalue weighted by atomic mass is 10.2. The Kier molecular flexibility index (Phi) is 2.06. The van der Waals surface area contributed by atoms with Gasteiger partial charge in [-0.3, -0.25) is 0 Å². The van der Waals surface area contributed by atoms with Crippen LogP contribution in [-0.4, -0.2) is 30.1 Å². The number of nitrogen functional groups attached to an aromatic ring is 1. The molecule has 0 fully saturated rings. The van der Waals surface area contributed by atoms with E-state index in [2.05, 4.69) is 19.9 Å². The Labute approximate surface area is 101 Å². The van der Waals surface area contributed by atoms with Gasteiger partial charge in [0.05, 0.1) is 5.56 Å². The van der Waals surface area contributed by atoms with Gasteiger partial charge in [0, 0.05) is 0 Å². The summed E-state index contributed by atoms with van der Waals surface area (Å²) in [6.07, 6.45) is 1.31. The average Bonchev–Trinajstić information content (AvgIpc) is 2.78. The highest BCUT2D eigenvalue weighted by molar-refractivity contribution is 5.85. The van der Waals surface area contributed by atoms with E-state index in [9.17, 15) is 10.2 Å². The van der Waals surface area contributed by atoms with Gasteiger partial charge in [-0.05, 0) is 12.1 Å². The summed E-state index contributed by atoms with van der Waals surface area (Å²) in [6, 6.07) is 4.61. The minimum Gasteiger partial charge on any atom is -0.504 e. The van der Waals surface area contributed by atoms with Crippen LogP contribution in [-0.2, 0) is 0 Å². The van der Waals surface area contributed by atoms with Gasteiger partial charge in [0.15, 0.2) is 23.0 Å². The molecule has 0 spiro atoms. The number of aromatic hydroxyl groups is 2. The van der Waals surface area contributed by atoms with Crippen molar-refractivity contribution in [2.75, 3.05) is 5.73 Å². The number of hydrogen-bond acceptors (Lipinski definition) is 6. The predicted molar refractivity (Wildman–Crippen MR) is 64.9 cm³/mol. The zero-order chi connectivity index (χ0) is 12.7. The van der Waals surface area contributed by atoms with Crippen LogP contribution in [0.5, 0.6) is 11.5 Å². The zero-order valence-corrected chi connectivity index (χ0v) is 9.12. The summed E-state index contributed by atoms with van der Waals surface area (Å²) in [6.45, 7) is 0. The molecule has 0 aliphatic heterocycles. The number of hydrogen-bond donors (Lipinski definition) is 4. The van der Waals surface area contributed by atoms with Crippen LogP contribution in [0.3, 0.4) is 0 Å². The maximum absolute atomic E-state index is 9.77. The van der Waals surface area contributed by atoms with E-state index in [-0.39, 0.29) is 17.3 Å². The van der Waals surface area contributed by atoms with Gasteiger partial charge in [0.1, 0.15) is 17.7 Å². The molecule has 0 atom stereocenters. The molecule has 7 nitrogen and oxygen atoms in total. The molecule has 7 heteroatoms. The molecule has 0 amide bonds. The lowest BCUT2D eigenvalue weighted by Gasteiger charge is -2.02. The summed E-state index contributed by atoms with van der Waals surface area (Å²) in [5.41, 5.74) is 6.95. The summed E-state index contributed by atoms with van der Waals surface area (Å²) in [5, 5.41) is 19.2. The minimum atomic E-state index is -0.247. The lowest BCUT2D eigenvalue weighted by Crippen LogP contribution is -1.91. The highest BCUT2D eigenvalue weighted by Crippen LogP contribution is 2.35. The lowest BCUT2D eigenvalue weighted by molar-refractivity contribution is 0.405. The number of nitrogens with two attached hydrogens (primary N) is 1. The van der Waals surface area contributed by atoms with Crippen LogP contribution in [0.4, 0.5) is 5.82 Å². The molecule has 0 unspecified atom stereocenters. The van der Waals surface area contributed by atoms with Crippen molar-refractivity contribution in [1.82, 2.24) is 19.9 Å². The first-order valence-corrected chi connectivity index (χ1v) is 5.14. The third-order valence-corrected chi connectivity index (χ3v) is 2.59. The molecule has 3 rings (SSSR count). The van der Waals surface area contributed by atoms with Gasteiger partial charge in [-0.25, -0.2) is 15.0 Å². The molecule has 0 aliphatic carbocycles. The topological polar surface area (TPSA) is 121 Å². The number of H-pyrrole nitrogens is 1. The van der Waals surface area contributed by atoms with Crippen LogP contribution < -0.4 is 5.73 Å². The molecule has 2 aromatic heterocycles. The Morgan fingerprint density at radius 1 is 1.17 bits per heavy atom. The van der Waals surface area contributed by atoms with Gasteiger partial charge in [-0.15, -0.1) is 0 Å². The highest BCUT2D eigenvalue weighted by atomic mass is 16.3. The molecule has 18 heavy (non-hydrogen) atoms. The second-order valence-corrected chi connectivity index (χ2v) is 3.72. The predicted octanol–water partition coefficient (Wildman–Crippen LogP) is 1.01. The van der Waals surface area contributed by atoms with Gasteiger partial charge < -0.3 is 20.9 Å². The second kappa shape index (κ2) is 3.59. The average molecular weight is 243 g/mol. The fraction of sp³-hybridized carbons (Fsp3) is 0. The van der Waals surface area contributed by atoms with Gasteiger partial charge in [0.2, 0.25) is 0 Å². The van der Waals surface area contributed by atoms with Crippen molar-refractivity contribution in [2.45, 2.75) is 0 Å². The first-order chi connectivity index (χ1) is 8.66. The number of anilines is 1. The van der Waals surface area contributed by atoms with Crippen LogP contribution in [0.25, 0.3) is 22.6 Å². The fourth-order valence-corrected chi connectivity index (χ4v) is 1.70. The second-order valence-electron chi connectivity index (χ2n) is 3.72. The molecule has 0 aliphatic rings. The van der Waals surface area contributed by atoms with E-state index in [1.54, 1.807) is 12.1 Å². The van der Waals surface area contributed by atoms with Crippen molar-refractivity contribution >= 4 is 17.0 Å². The summed E-state index contributed by atoms with van der Waals surface area (Å²) in [5.74, 6) is 0.180. The van der Waals surface area contributed by atoms with Crippen molar-refractivity contribution in [2.24, 2.45) is 0 Å². The molecule has 90 valence electrons. The number of aromatic nitrogens is 4. The number of nitrogens with zero attached hydrogens (tertiary/aromatic N) is 3. The third kappa shape index (κ3) is 1.41. The molecule has 0 radical (unpaired) electrons. The van der Waals surface area contributed by atoms with E-state index in [0.29, 0.717) is 22.6 Å². The minimum absolute atomic E-state index is 0.216. The number of aromatic amines is 1. The number of phenols is 2. The normalized spacial score (nSPS) is 10.9. The smallest absolute Gasteiger partial charge is 0.183 e. The van der Waals surface area contributed by atoms with Crippen molar-refractivity contribution in [3.63, 3.8) is 0 Å². The van der Waals surface area contributed by atoms with Gasteiger partial charge in [-0.1, -0.05) is 6.07 Å². The number of imidazole rings is 1. The summed E-state index contributed by atoms with van der Waals surface area (Å²) < 4.78 is 0. The summed E-state index contributed by atoms with van der Waals surface area (Å²) in [7, 11) is 0. The molecule has 0 saturated carbocycles. The Balaban J connectivity index is 2.26. The molecular weight excluding hydrogens is 234 g/mol. The number of phenolic OH excluding ortho intramolecular Hbond substituents is 2. The van der Waals surface area contributed by atoms with E-state index < -0.39 is 0 Å². The van der Waals surface area contributed by atoms with E-state index in [1.807, 2.05) is 0 Å². The SMILES string of the molecule is Nc1ncnc2nc(-c3cccc(O)c3O)[nH]c12. The number of rotatable bonds is 1. The maximum atomic E-state index is 9.77. The van der Waals surface area contributed by atoms with Crippen molar-refractivity contribution in [3.8, 4) is 22.9 Å². The van der Waals surface area contributed by atoms with Gasteiger partial charge >= 0.3 is 0 Å². The quantitative estimate of drug-likeness (QED) is 0.473.